The van der Waals surface area contributed by atoms with Crippen LogP contribution >= 0.6 is 11.3 Å². The van der Waals surface area contributed by atoms with Crippen molar-refractivity contribution < 1.29 is 14.6 Å². The number of aliphatic hydroxyl groups excluding tert-OH is 1. The van der Waals surface area contributed by atoms with Gasteiger partial charge in [0.15, 0.2) is 0 Å². The molecule has 0 radical (unpaired) electrons. The molecule has 0 aliphatic rings. The molecule has 0 fully saturated rings. The monoisotopic (exact) mass is 257 g/mol. The molecule has 1 rings (SSSR count). The molecule has 5 heteroatoms. The smallest absolute Gasteiger partial charge is 0.265 e. The number of thiophene rings is 1. The third-order valence-corrected chi connectivity index (χ3v) is 3.44. The van der Waals surface area contributed by atoms with Gasteiger partial charge >= 0.3 is 0 Å². The van der Waals surface area contributed by atoms with E-state index in [-0.39, 0.29) is 17.9 Å². The lowest BCUT2D eigenvalue weighted by molar-refractivity contribution is 0.0921. The molecule has 1 amide bonds. The SMILES string of the molecule is COc1ccsc1C(=O)NCCC(O)C(C)C. The Morgan fingerprint density at radius 2 is 2.29 bits per heavy atom. The number of ether oxygens (including phenoxy) is 1. The van der Waals surface area contributed by atoms with Crippen LogP contribution in [-0.4, -0.2) is 30.8 Å². The normalized spacial score (nSPS) is 12.5. The molecule has 17 heavy (non-hydrogen) atoms. The minimum Gasteiger partial charge on any atom is -0.495 e. The third kappa shape index (κ3) is 4.02. The van der Waals surface area contributed by atoms with Crippen molar-refractivity contribution >= 4 is 17.2 Å². The summed E-state index contributed by atoms with van der Waals surface area (Å²) in [7, 11) is 1.54. The lowest BCUT2D eigenvalue weighted by atomic mass is 10.0. The maximum atomic E-state index is 11.8. The summed E-state index contributed by atoms with van der Waals surface area (Å²) in [6.07, 6.45) is 0.192. The van der Waals surface area contributed by atoms with Crippen LogP contribution in [0.2, 0.25) is 0 Å². The van der Waals surface area contributed by atoms with Crippen molar-refractivity contribution in [1.29, 1.82) is 0 Å². The molecular formula is C12H19NO3S. The van der Waals surface area contributed by atoms with E-state index in [1.54, 1.807) is 13.2 Å². The van der Waals surface area contributed by atoms with E-state index in [4.69, 9.17) is 4.74 Å². The minimum absolute atomic E-state index is 0.146. The number of carbonyl (C=O) groups is 1. The largest absolute Gasteiger partial charge is 0.495 e. The van der Waals surface area contributed by atoms with Crippen molar-refractivity contribution in [2.45, 2.75) is 26.4 Å². The summed E-state index contributed by atoms with van der Waals surface area (Å²) in [6.45, 7) is 4.38. The Bertz CT molecular complexity index is 362. The van der Waals surface area contributed by atoms with Gasteiger partial charge in [-0.25, -0.2) is 0 Å². The minimum atomic E-state index is -0.375. The van der Waals surface area contributed by atoms with Gasteiger partial charge in [0.05, 0.1) is 13.2 Å². The van der Waals surface area contributed by atoms with Gasteiger partial charge in [-0.15, -0.1) is 11.3 Å². The van der Waals surface area contributed by atoms with Crippen LogP contribution in [0.1, 0.15) is 29.9 Å². The summed E-state index contributed by atoms with van der Waals surface area (Å²) in [5.41, 5.74) is 0. The summed E-state index contributed by atoms with van der Waals surface area (Å²) in [5, 5.41) is 14.2. The predicted molar refractivity (Wildman–Crippen MR) is 68.7 cm³/mol. The zero-order chi connectivity index (χ0) is 12.8. The Hall–Kier alpha value is -1.07. The second kappa shape index (κ2) is 6.61. The van der Waals surface area contributed by atoms with Crippen molar-refractivity contribution in [3.63, 3.8) is 0 Å². The van der Waals surface area contributed by atoms with E-state index >= 15 is 0 Å². The average molecular weight is 257 g/mol. The number of hydrogen-bond donors (Lipinski definition) is 2. The van der Waals surface area contributed by atoms with Crippen LogP contribution in [0.25, 0.3) is 0 Å². The summed E-state index contributed by atoms with van der Waals surface area (Å²) in [6, 6.07) is 1.77. The number of rotatable bonds is 6. The highest BCUT2D eigenvalue weighted by molar-refractivity contribution is 7.12. The highest BCUT2D eigenvalue weighted by Gasteiger charge is 2.14. The molecule has 1 aromatic rings. The summed E-state index contributed by atoms with van der Waals surface area (Å²) < 4.78 is 5.07. The van der Waals surface area contributed by atoms with Crippen molar-refractivity contribution in [3.05, 3.63) is 16.3 Å². The van der Waals surface area contributed by atoms with Gasteiger partial charge in [0.2, 0.25) is 0 Å². The molecule has 1 aromatic heterocycles. The quantitative estimate of drug-likeness (QED) is 0.818. The Morgan fingerprint density at radius 3 is 2.88 bits per heavy atom. The van der Waals surface area contributed by atoms with Gasteiger partial charge in [0.1, 0.15) is 10.6 Å². The first-order valence-electron chi connectivity index (χ1n) is 5.64. The second-order valence-corrected chi connectivity index (χ2v) is 5.09. The Balaban J connectivity index is 2.40. The van der Waals surface area contributed by atoms with Gasteiger partial charge in [-0.1, -0.05) is 13.8 Å². The summed E-state index contributed by atoms with van der Waals surface area (Å²) in [4.78, 5) is 12.4. The molecule has 96 valence electrons. The van der Waals surface area contributed by atoms with E-state index in [0.29, 0.717) is 23.6 Å². The molecule has 0 saturated carbocycles. The summed E-state index contributed by atoms with van der Waals surface area (Å²) in [5.74, 6) is 0.660. The molecule has 1 atom stereocenters. The molecular weight excluding hydrogens is 238 g/mol. The first-order valence-corrected chi connectivity index (χ1v) is 6.52. The number of carbonyl (C=O) groups excluding carboxylic acids is 1. The van der Waals surface area contributed by atoms with Crippen LogP contribution in [-0.2, 0) is 0 Å². The third-order valence-electron chi connectivity index (χ3n) is 2.55. The van der Waals surface area contributed by atoms with Crippen molar-refractivity contribution in [1.82, 2.24) is 5.32 Å². The van der Waals surface area contributed by atoms with Crippen molar-refractivity contribution in [2.24, 2.45) is 5.92 Å². The van der Waals surface area contributed by atoms with Crippen LogP contribution in [0.5, 0.6) is 5.75 Å². The average Bonchev–Trinajstić information content (AvgIpc) is 2.76. The number of amides is 1. The molecule has 2 N–H and O–H groups in total. The molecule has 0 aromatic carbocycles. The van der Waals surface area contributed by atoms with Crippen LogP contribution in [0.3, 0.4) is 0 Å². The maximum absolute atomic E-state index is 11.8. The molecule has 1 heterocycles. The number of methoxy groups -OCH3 is 1. The van der Waals surface area contributed by atoms with Gasteiger partial charge in [0.25, 0.3) is 5.91 Å². The predicted octanol–water partition coefficient (Wildman–Crippen LogP) is 1.89. The fourth-order valence-corrected chi connectivity index (χ4v) is 2.15. The van der Waals surface area contributed by atoms with E-state index < -0.39 is 0 Å². The first-order chi connectivity index (χ1) is 8.06. The van der Waals surface area contributed by atoms with Crippen LogP contribution in [0.15, 0.2) is 11.4 Å². The molecule has 0 aliphatic heterocycles. The fourth-order valence-electron chi connectivity index (χ4n) is 1.37. The highest BCUT2D eigenvalue weighted by Crippen LogP contribution is 2.23. The van der Waals surface area contributed by atoms with Gasteiger partial charge in [-0.05, 0) is 23.8 Å². The maximum Gasteiger partial charge on any atom is 0.265 e. The zero-order valence-electron chi connectivity index (χ0n) is 10.4. The van der Waals surface area contributed by atoms with Gasteiger partial charge in [-0.2, -0.15) is 0 Å². The zero-order valence-corrected chi connectivity index (χ0v) is 11.2. The Labute approximate surface area is 106 Å². The Kier molecular flexibility index (Phi) is 5.44. The molecule has 0 saturated heterocycles. The number of nitrogens with one attached hydrogen (secondary N) is 1. The van der Waals surface area contributed by atoms with Crippen LogP contribution in [0, 0.1) is 5.92 Å². The van der Waals surface area contributed by atoms with Gasteiger partial charge < -0.3 is 15.2 Å². The lowest BCUT2D eigenvalue weighted by Crippen LogP contribution is -2.28. The number of hydrogen-bond acceptors (Lipinski definition) is 4. The molecule has 0 bridgehead atoms. The standard InChI is InChI=1S/C12H19NO3S/c1-8(2)9(14)4-6-13-12(15)11-10(16-3)5-7-17-11/h5,7-9,14H,4,6H2,1-3H3,(H,13,15). The topological polar surface area (TPSA) is 58.6 Å². The molecule has 4 nitrogen and oxygen atoms in total. The van der Waals surface area contributed by atoms with E-state index in [2.05, 4.69) is 5.32 Å². The van der Waals surface area contributed by atoms with E-state index in [9.17, 15) is 9.90 Å². The van der Waals surface area contributed by atoms with E-state index in [1.165, 1.54) is 11.3 Å². The fraction of sp³-hybridized carbons (Fsp3) is 0.583. The number of aliphatic hydroxyl groups is 1. The highest BCUT2D eigenvalue weighted by atomic mass is 32.1. The van der Waals surface area contributed by atoms with E-state index in [0.717, 1.165) is 0 Å². The van der Waals surface area contributed by atoms with Crippen LogP contribution in [0.4, 0.5) is 0 Å². The molecule has 1 unspecified atom stereocenters. The van der Waals surface area contributed by atoms with Gasteiger partial charge in [0, 0.05) is 6.54 Å². The second-order valence-electron chi connectivity index (χ2n) is 4.17. The van der Waals surface area contributed by atoms with Crippen molar-refractivity contribution in [2.75, 3.05) is 13.7 Å². The van der Waals surface area contributed by atoms with Crippen molar-refractivity contribution in [3.8, 4) is 5.75 Å². The van der Waals surface area contributed by atoms with Crippen LogP contribution < -0.4 is 10.1 Å². The van der Waals surface area contributed by atoms with Gasteiger partial charge in [-0.3, -0.25) is 4.79 Å². The Morgan fingerprint density at radius 1 is 1.59 bits per heavy atom. The molecule has 0 spiro atoms. The van der Waals surface area contributed by atoms with E-state index in [1.807, 2.05) is 19.2 Å². The first kappa shape index (κ1) is 14.0. The summed E-state index contributed by atoms with van der Waals surface area (Å²) >= 11 is 1.35. The lowest BCUT2D eigenvalue weighted by Gasteiger charge is -2.14. The molecule has 0 aliphatic carbocycles.